The molecule has 2 aromatic carbocycles. The third-order valence-corrected chi connectivity index (χ3v) is 4.54. The number of fused-ring (bicyclic) bond motifs is 2. The van der Waals surface area contributed by atoms with Gasteiger partial charge in [0.15, 0.2) is 0 Å². The molecule has 1 atom stereocenters. The summed E-state index contributed by atoms with van der Waals surface area (Å²) in [6.45, 7) is 2.49. The van der Waals surface area contributed by atoms with E-state index in [-0.39, 0.29) is 24.1 Å². The summed E-state index contributed by atoms with van der Waals surface area (Å²) in [4.78, 5) is 31.7. The Morgan fingerprint density at radius 1 is 1.04 bits per heavy atom. The number of rotatable bonds is 2. The van der Waals surface area contributed by atoms with Crippen LogP contribution in [-0.4, -0.2) is 20.4 Å². The van der Waals surface area contributed by atoms with Gasteiger partial charge < -0.3 is 4.90 Å². The second-order valence-corrected chi connectivity index (χ2v) is 6.06. The molecule has 5 heteroatoms. The summed E-state index contributed by atoms with van der Waals surface area (Å²) in [5.74, 6) is 0.590. The van der Waals surface area contributed by atoms with Gasteiger partial charge in [-0.3, -0.25) is 14.2 Å². The zero-order valence-electron chi connectivity index (χ0n) is 13.3. The molecule has 24 heavy (non-hydrogen) atoms. The molecule has 1 amide bonds. The van der Waals surface area contributed by atoms with Crippen LogP contribution >= 0.6 is 0 Å². The van der Waals surface area contributed by atoms with E-state index < -0.39 is 0 Å². The Morgan fingerprint density at radius 2 is 1.75 bits per heavy atom. The number of aromatic nitrogens is 2. The molecule has 0 radical (unpaired) electrons. The molecule has 3 aromatic rings. The lowest BCUT2D eigenvalue weighted by Crippen LogP contribution is -2.45. The topological polar surface area (TPSA) is 55.2 Å². The molecule has 120 valence electrons. The fourth-order valence-electron chi connectivity index (χ4n) is 3.24. The maximum atomic E-state index is 12.7. The Morgan fingerprint density at radius 3 is 2.54 bits per heavy atom. The van der Waals surface area contributed by atoms with Crippen LogP contribution in [0.5, 0.6) is 0 Å². The van der Waals surface area contributed by atoms with Gasteiger partial charge in [0, 0.05) is 6.54 Å². The van der Waals surface area contributed by atoms with Crippen LogP contribution in [0, 0.1) is 0 Å². The normalized spacial score (nSPS) is 17.1. The highest BCUT2D eigenvalue weighted by atomic mass is 16.2. The van der Waals surface area contributed by atoms with Gasteiger partial charge in [0.2, 0.25) is 5.91 Å². The molecule has 1 aliphatic heterocycles. The molecule has 0 fully saturated rings. The van der Waals surface area contributed by atoms with Gasteiger partial charge in [-0.1, -0.05) is 42.5 Å². The minimum atomic E-state index is -0.247. The zero-order valence-corrected chi connectivity index (χ0v) is 13.3. The van der Waals surface area contributed by atoms with Crippen molar-refractivity contribution >= 4 is 16.8 Å². The van der Waals surface area contributed by atoms with Gasteiger partial charge in [-0.15, -0.1) is 0 Å². The molecular weight excluding hydrogens is 302 g/mol. The Kier molecular flexibility index (Phi) is 3.41. The van der Waals surface area contributed by atoms with Gasteiger partial charge in [-0.25, -0.2) is 4.98 Å². The van der Waals surface area contributed by atoms with Gasteiger partial charge in [-0.2, -0.15) is 0 Å². The maximum absolute atomic E-state index is 12.7. The largest absolute Gasteiger partial charge is 0.327 e. The van der Waals surface area contributed by atoms with E-state index in [1.54, 1.807) is 11.0 Å². The van der Waals surface area contributed by atoms with Gasteiger partial charge in [-0.05, 0) is 24.6 Å². The molecule has 0 unspecified atom stereocenters. The monoisotopic (exact) mass is 319 g/mol. The standard InChI is InChI=1S/C19H17N3O2/c1-13-18-20-16-10-6-5-9-15(16)19(24)22(18)12-17(23)21(13)11-14-7-3-2-4-8-14/h2-10,13H,11-12H2,1H3/t13-/m0/s1. The summed E-state index contributed by atoms with van der Waals surface area (Å²) < 4.78 is 1.51. The van der Waals surface area contributed by atoms with Crippen molar-refractivity contribution in [2.75, 3.05) is 0 Å². The first-order valence-corrected chi connectivity index (χ1v) is 7.98. The fraction of sp³-hybridized carbons (Fsp3) is 0.211. The number of benzene rings is 2. The van der Waals surface area contributed by atoms with Gasteiger partial charge >= 0.3 is 0 Å². The van der Waals surface area contributed by atoms with Crippen molar-refractivity contribution in [3.05, 3.63) is 76.3 Å². The first-order chi connectivity index (χ1) is 11.6. The highest BCUT2D eigenvalue weighted by Crippen LogP contribution is 2.26. The van der Waals surface area contributed by atoms with Crippen molar-refractivity contribution in [1.82, 2.24) is 14.5 Å². The van der Waals surface area contributed by atoms with E-state index in [2.05, 4.69) is 4.98 Å². The molecule has 4 rings (SSSR count). The minimum Gasteiger partial charge on any atom is -0.327 e. The number of hydrogen-bond acceptors (Lipinski definition) is 3. The predicted molar refractivity (Wildman–Crippen MR) is 91.4 cm³/mol. The van der Waals surface area contributed by atoms with Crippen molar-refractivity contribution in [2.24, 2.45) is 0 Å². The van der Waals surface area contributed by atoms with Gasteiger partial charge in [0.05, 0.1) is 16.9 Å². The molecule has 1 aromatic heterocycles. The van der Waals surface area contributed by atoms with Crippen LogP contribution < -0.4 is 5.56 Å². The average molecular weight is 319 g/mol. The van der Waals surface area contributed by atoms with Crippen LogP contribution in [0.4, 0.5) is 0 Å². The van der Waals surface area contributed by atoms with Crippen molar-refractivity contribution in [3.63, 3.8) is 0 Å². The number of nitrogens with zero attached hydrogens (tertiary/aromatic N) is 3. The number of carbonyl (C=O) groups excluding carboxylic acids is 1. The number of hydrogen-bond donors (Lipinski definition) is 0. The van der Waals surface area contributed by atoms with Crippen LogP contribution in [0.3, 0.4) is 0 Å². The smallest absolute Gasteiger partial charge is 0.261 e. The molecule has 0 saturated carbocycles. The molecule has 1 aliphatic rings. The van der Waals surface area contributed by atoms with E-state index in [0.717, 1.165) is 5.56 Å². The molecule has 5 nitrogen and oxygen atoms in total. The lowest BCUT2D eigenvalue weighted by molar-refractivity contribution is -0.137. The maximum Gasteiger partial charge on any atom is 0.261 e. The Balaban J connectivity index is 1.80. The van der Waals surface area contributed by atoms with Crippen LogP contribution in [0.25, 0.3) is 10.9 Å². The summed E-state index contributed by atoms with van der Waals surface area (Å²) in [7, 11) is 0. The third kappa shape index (κ3) is 2.29. The molecular formula is C19H17N3O2. The van der Waals surface area contributed by atoms with Gasteiger partial charge in [0.25, 0.3) is 5.56 Å². The lowest BCUT2D eigenvalue weighted by Gasteiger charge is -2.35. The SMILES string of the molecule is C[C@H]1c2nc3ccccc3c(=O)n2CC(=O)N1Cc1ccccc1. The summed E-state index contributed by atoms with van der Waals surface area (Å²) >= 11 is 0. The van der Waals surface area contributed by atoms with Gasteiger partial charge in [0.1, 0.15) is 12.4 Å². The molecule has 0 N–H and O–H groups in total. The highest BCUT2D eigenvalue weighted by Gasteiger charge is 2.31. The Bertz CT molecular complexity index is 979. The molecule has 0 bridgehead atoms. The number of para-hydroxylation sites is 1. The molecule has 0 saturated heterocycles. The minimum absolute atomic E-state index is 0.0448. The lowest BCUT2D eigenvalue weighted by atomic mass is 10.1. The molecule has 0 aliphatic carbocycles. The van der Waals surface area contributed by atoms with Crippen molar-refractivity contribution in [2.45, 2.75) is 26.1 Å². The predicted octanol–water partition coefficient (Wildman–Crippen LogP) is 2.50. The highest BCUT2D eigenvalue weighted by molar-refractivity contribution is 5.81. The third-order valence-electron chi connectivity index (χ3n) is 4.54. The van der Waals surface area contributed by atoms with E-state index in [1.807, 2.05) is 55.5 Å². The van der Waals surface area contributed by atoms with Crippen LogP contribution in [0.1, 0.15) is 24.4 Å². The molecule has 0 spiro atoms. The number of carbonyl (C=O) groups is 1. The first kappa shape index (κ1) is 14.6. The van der Waals surface area contributed by atoms with Crippen molar-refractivity contribution < 1.29 is 4.79 Å². The van der Waals surface area contributed by atoms with Crippen LogP contribution in [0.2, 0.25) is 0 Å². The Labute approximate surface area is 139 Å². The quantitative estimate of drug-likeness (QED) is 0.729. The van der Waals surface area contributed by atoms with E-state index >= 15 is 0 Å². The Hall–Kier alpha value is -2.95. The van der Waals surface area contributed by atoms with E-state index in [1.165, 1.54) is 4.57 Å². The van der Waals surface area contributed by atoms with E-state index in [9.17, 15) is 9.59 Å². The summed E-state index contributed by atoms with van der Waals surface area (Å²) in [6.07, 6.45) is 0. The first-order valence-electron chi connectivity index (χ1n) is 7.98. The second-order valence-electron chi connectivity index (χ2n) is 6.06. The van der Waals surface area contributed by atoms with Crippen molar-refractivity contribution in [1.29, 1.82) is 0 Å². The second kappa shape index (κ2) is 5.60. The van der Waals surface area contributed by atoms with Crippen LogP contribution in [-0.2, 0) is 17.9 Å². The summed E-state index contributed by atoms with van der Waals surface area (Å²) in [5, 5.41) is 0.553. The summed E-state index contributed by atoms with van der Waals surface area (Å²) in [5.41, 5.74) is 1.60. The van der Waals surface area contributed by atoms with E-state index in [0.29, 0.717) is 23.3 Å². The average Bonchev–Trinajstić information content (AvgIpc) is 2.61. The van der Waals surface area contributed by atoms with Crippen LogP contribution in [0.15, 0.2) is 59.4 Å². The zero-order chi connectivity index (χ0) is 16.7. The van der Waals surface area contributed by atoms with Crippen molar-refractivity contribution in [3.8, 4) is 0 Å². The fourth-order valence-corrected chi connectivity index (χ4v) is 3.24. The summed E-state index contributed by atoms with van der Waals surface area (Å²) in [6, 6.07) is 16.9. The molecule has 2 heterocycles. The van der Waals surface area contributed by atoms with E-state index in [4.69, 9.17) is 0 Å². The number of amides is 1.